The highest BCUT2D eigenvalue weighted by atomic mass is 16.5. The second-order valence-electron chi connectivity index (χ2n) is 10.6. The van der Waals surface area contributed by atoms with Gasteiger partial charge < -0.3 is 24.8 Å². The van der Waals surface area contributed by atoms with Gasteiger partial charge >= 0.3 is 0 Å². The van der Waals surface area contributed by atoms with Gasteiger partial charge in [-0.2, -0.15) is 0 Å². The Bertz CT molecular complexity index is 1470. The Kier molecular flexibility index (Phi) is 7.56. The van der Waals surface area contributed by atoms with Crippen LogP contribution in [0.2, 0.25) is 0 Å². The molecule has 8 heteroatoms. The maximum Gasteiger partial charge on any atom is 0.259 e. The number of anilines is 2. The zero-order valence-corrected chi connectivity index (χ0v) is 22.5. The molecule has 6 rings (SSSR count). The van der Waals surface area contributed by atoms with Crippen molar-refractivity contribution in [2.75, 3.05) is 45.2 Å². The van der Waals surface area contributed by atoms with Gasteiger partial charge in [-0.15, -0.1) is 0 Å². The van der Waals surface area contributed by atoms with E-state index in [1.807, 2.05) is 12.1 Å². The summed E-state index contributed by atoms with van der Waals surface area (Å²) in [6, 6.07) is 13.0. The summed E-state index contributed by atoms with van der Waals surface area (Å²) in [7, 11) is 1.61. The molecule has 2 saturated heterocycles. The van der Waals surface area contributed by atoms with E-state index in [1.54, 1.807) is 31.9 Å². The van der Waals surface area contributed by atoms with Gasteiger partial charge in [0.2, 0.25) is 0 Å². The second-order valence-corrected chi connectivity index (χ2v) is 10.6. The molecule has 0 atom stereocenters. The average molecular weight is 525 g/mol. The number of nitrogens with one attached hydrogen (secondary N) is 2. The minimum absolute atomic E-state index is 0.190. The Morgan fingerprint density at radius 1 is 1.05 bits per heavy atom. The fourth-order valence-corrected chi connectivity index (χ4v) is 6.01. The summed E-state index contributed by atoms with van der Waals surface area (Å²) in [5.41, 5.74) is 3.75. The summed E-state index contributed by atoms with van der Waals surface area (Å²) in [6.45, 7) is 6.11. The zero-order valence-electron chi connectivity index (χ0n) is 22.5. The number of ether oxygens (including phenoxy) is 1. The van der Waals surface area contributed by atoms with E-state index in [9.17, 15) is 4.79 Å². The molecule has 0 unspecified atom stereocenters. The van der Waals surface area contributed by atoms with E-state index < -0.39 is 0 Å². The molecule has 0 radical (unpaired) electrons. The third-order valence-electron chi connectivity index (χ3n) is 8.22. The third-order valence-corrected chi connectivity index (χ3v) is 8.22. The molecular formula is C31H36N6O2. The fraction of sp³-hybridized carbons (Fsp3) is 0.387. The monoisotopic (exact) mass is 524 g/mol. The van der Waals surface area contributed by atoms with E-state index in [2.05, 4.69) is 54.3 Å². The first-order chi connectivity index (χ1) is 19.2. The smallest absolute Gasteiger partial charge is 0.259 e. The number of rotatable bonds is 8. The minimum atomic E-state index is -0.190. The molecule has 2 N–H and O–H groups in total. The molecule has 0 bridgehead atoms. The third kappa shape index (κ3) is 5.67. The lowest BCUT2D eigenvalue weighted by Gasteiger charge is -2.36. The predicted octanol–water partition coefficient (Wildman–Crippen LogP) is 4.84. The van der Waals surface area contributed by atoms with Gasteiger partial charge in [0.15, 0.2) is 0 Å². The quantitative estimate of drug-likeness (QED) is 0.341. The molecule has 39 heavy (non-hydrogen) atoms. The Morgan fingerprint density at radius 2 is 1.85 bits per heavy atom. The number of pyridine rings is 3. The lowest BCUT2D eigenvalue weighted by molar-refractivity contribution is 0.128. The van der Waals surface area contributed by atoms with Crippen LogP contribution in [-0.2, 0) is 6.42 Å². The normalized spacial score (nSPS) is 17.1. The molecule has 2 aliphatic rings. The summed E-state index contributed by atoms with van der Waals surface area (Å²) in [4.78, 5) is 29.9. The van der Waals surface area contributed by atoms with Crippen molar-refractivity contribution in [1.29, 1.82) is 0 Å². The molecule has 8 nitrogen and oxygen atoms in total. The molecule has 1 aromatic carbocycles. The van der Waals surface area contributed by atoms with Crippen molar-refractivity contribution in [1.82, 2.24) is 24.8 Å². The number of hydrogen-bond donors (Lipinski definition) is 2. The van der Waals surface area contributed by atoms with E-state index in [0.717, 1.165) is 41.2 Å². The molecule has 0 spiro atoms. The molecule has 0 amide bonds. The van der Waals surface area contributed by atoms with Crippen molar-refractivity contribution in [3.63, 3.8) is 0 Å². The van der Waals surface area contributed by atoms with Gasteiger partial charge in [-0.25, -0.2) is 4.98 Å². The largest absolute Gasteiger partial charge is 0.495 e. The van der Waals surface area contributed by atoms with E-state index in [-0.39, 0.29) is 5.56 Å². The Hall–Kier alpha value is -3.75. The number of hydrogen-bond acceptors (Lipinski definition) is 7. The van der Waals surface area contributed by atoms with Gasteiger partial charge in [-0.05, 0) is 88.1 Å². The van der Waals surface area contributed by atoms with Crippen LogP contribution in [0.5, 0.6) is 5.75 Å². The Morgan fingerprint density at radius 3 is 2.62 bits per heavy atom. The molecular weight excluding hydrogens is 488 g/mol. The van der Waals surface area contributed by atoms with Crippen molar-refractivity contribution >= 4 is 22.3 Å². The van der Waals surface area contributed by atoms with Crippen LogP contribution in [-0.4, -0.2) is 70.6 Å². The van der Waals surface area contributed by atoms with E-state index in [0.29, 0.717) is 17.0 Å². The number of nitrogens with zero attached hydrogens (tertiary/aromatic N) is 4. The lowest BCUT2D eigenvalue weighted by Crippen LogP contribution is -2.44. The molecule has 4 aromatic rings. The first kappa shape index (κ1) is 25.5. The SMILES string of the molecule is COc1cncc(-c2c[nH]c(=O)c3c(Nc4ccc(CCN5CCC(N6CCCC6)CC5)cc4)nccc23)c1. The lowest BCUT2D eigenvalue weighted by atomic mass is 10.0. The molecule has 3 aromatic heterocycles. The van der Waals surface area contributed by atoms with Crippen molar-refractivity contribution in [2.24, 2.45) is 0 Å². The maximum absolute atomic E-state index is 12.9. The maximum atomic E-state index is 12.9. The van der Waals surface area contributed by atoms with Crippen LogP contribution >= 0.6 is 0 Å². The summed E-state index contributed by atoms with van der Waals surface area (Å²) >= 11 is 0. The van der Waals surface area contributed by atoms with Crippen molar-refractivity contribution in [3.8, 4) is 16.9 Å². The van der Waals surface area contributed by atoms with Gasteiger partial charge in [0.25, 0.3) is 5.56 Å². The molecule has 202 valence electrons. The fourth-order valence-electron chi connectivity index (χ4n) is 6.01. The van der Waals surface area contributed by atoms with E-state index in [4.69, 9.17) is 4.74 Å². The molecule has 2 fully saturated rings. The standard InChI is InChI=1S/C31H36N6O2/c1-39-26-18-23(19-32-20-26)28-21-34-31(38)29-27(28)8-12-33-30(29)35-24-6-4-22(5-7-24)9-15-36-16-10-25(11-17-36)37-13-2-3-14-37/h4-8,12,18-21,25H,2-3,9-11,13-17H2,1H3,(H,33,35)(H,34,38). The highest BCUT2D eigenvalue weighted by Crippen LogP contribution is 2.31. The van der Waals surface area contributed by atoms with E-state index in [1.165, 1.54) is 57.4 Å². The highest BCUT2D eigenvalue weighted by molar-refractivity contribution is 6.01. The van der Waals surface area contributed by atoms with Crippen LogP contribution in [0.3, 0.4) is 0 Å². The minimum Gasteiger partial charge on any atom is -0.495 e. The number of benzene rings is 1. The Balaban J connectivity index is 1.12. The van der Waals surface area contributed by atoms with Crippen molar-refractivity contribution in [2.45, 2.75) is 38.1 Å². The number of H-pyrrole nitrogens is 1. The van der Waals surface area contributed by atoms with Crippen LogP contribution in [0.25, 0.3) is 21.9 Å². The number of fused-ring (bicyclic) bond motifs is 1. The van der Waals surface area contributed by atoms with Gasteiger partial charge in [0.1, 0.15) is 11.6 Å². The van der Waals surface area contributed by atoms with Gasteiger partial charge in [0, 0.05) is 53.4 Å². The molecule has 5 heterocycles. The summed E-state index contributed by atoms with van der Waals surface area (Å²) in [5.74, 6) is 1.19. The van der Waals surface area contributed by atoms with Gasteiger partial charge in [0.05, 0.1) is 18.7 Å². The van der Waals surface area contributed by atoms with Gasteiger partial charge in [-0.3, -0.25) is 9.78 Å². The van der Waals surface area contributed by atoms with Crippen LogP contribution < -0.4 is 15.6 Å². The van der Waals surface area contributed by atoms with E-state index >= 15 is 0 Å². The average Bonchev–Trinajstić information content (AvgIpc) is 3.53. The molecule has 2 aliphatic heterocycles. The first-order valence-corrected chi connectivity index (χ1v) is 14.0. The summed E-state index contributed by atoms with van der Waals surface area (Å²) < 4.78 is 5.34. The van der Waals surface area contributed by atoms with Crippen molar-refractivity contribution in [3.05, 3.63) is 77.1 Å². The zero-order chi connectivity index (χ0) is 26.6. The number of aromatic nitrogens is 3. The summed E-state index contributed by atoms with van der Waals surface area (Å²) in [6.07, 6.45) is 13.3. The number of piperidine rings is 1. The number of aromatic amines is 1. The van der Waals surface area contributed by atoms with Crippen LogP contribution in [0.15, 0.2) is 66.0 Å². The van der Waals surface area contributed by atoms with Gasteiger partial charge in [-0.1, -0.05) is 12.1 Å². The molecule has 0 saturated carbocycles. The van der Waals surface area contributed by atoms with Crippen LogP contribution in [0.1, 0.15) is 31.2 Å². The topological polar surface area (TPSA) is 86.4 Å². The van der Waals surface area contributed by atoms with Crippen LogP contribution in [0.4, 0.5) is 11.5 Å². The number of methoxy groups -OCH3 is 1. The van der Waals surface area contributed by atoms with Crippen molar-refractivity contribution < 1.29 is 4.74 Å². The predicted molar refractivity (Wildman–Crippen MR) is 156 cm³/mol. The second kappa shape index (κ2) is 11.6. The molecule has 0 aliphatic carbocycles. The Labute approximate surface area is 229 Å². The first-order valence-electron chi connectivity index (χ1n) is 14.0. The number of likely N-dealkylation sites (tertiary alicyclic amines) is 2. The summed E-state index contributed by atoms with van der Waals surface area (Å²) in [5, 5.41) is 4.68. The van der Waals surface area contributed by atoms with Crippen LogP contribution in [0, 0.1) is 0 Å². The highest BCUT2D eigenvalue weighted by Gasteiger charge is 2.26.